The Bertz CT molecular complexity index is 767. The Morgan fingerprint density at radius 1 is 0.756 bits per heavy atom. The van der Waals surface area contributed by atoms with Crippen molar-refractivity contribution in [2.45, 2.75) is 116 Å². The van der Waals surface area contributed by atoms with Crippen molar-refractivity contribution >= 4 is 13.8 Å². The number of unbranched alkanes of at least 4 members (excludes halogenated alkanes) is 8. The van der Waals surface area contributed by atoms with Crippen molar-refractivity contribution in [1.82, 2.24) is 0 Å². The largest absolute Gasteiger partial charge is 0.472 e. The van der Waals surface area contributed by atoms with Gasteiger partial charge in [0, 0.05) is 19.6 Å². The van der Waals surface area contributed by atoms with Gasteiger partial charge in [-0.15, -0.1) is 0 Å². The molecule has 0 aromatic carbocycles. The highest BCUT2D eigenvalue weighted by Gasteiger charge is 2.25. The molecule has 238 valence electrons. The van der Waals surface area contributed by atoms with Crippen LogP contribution in [0.5, 0.6) is 0 Å². The fourth-order valence-corrected chi connectivity index (χ4v) is 4.51. The van der Waals surface area contributed by atoms with E-state index in [-0.39, 0.29) is 32.3 Å². The lowest BCUT2D eigenvalue weighted by Crippen LogP contribution is -2.28. The molecule has 0 aliphatic rings. The maximum atomic E-state index is 12.3. The van der Waals surface area contributed by atoms with Gasteiger partial charge in [-0.2, -0.15) is 0 Å². The minimum Gasteiger partial charge on any atom is -0.457 e. The van der Waals surface area contributed by atoms with Crippen LogP contribution in [0, 0.1) is 0 Å². The van der Waals surface area contributed by atoms with E-state index in [1.165, 1.54) is 19.3 Å². The Balaban J connectivity index is 4.17. The Morgan fingerprint density at radius 3 is 2.02 bits per heavy atom. The van der Waals surface area contributed by atoms with Gasteiger partial charge in [-0.3, -0.25) is 13.8 Å². The first-order valence-electron chi connectivity index (χ1n) is 15.6. The summed E-state index contributed by atoms with van der Waals surface area (Å²) in [5.74, 6) is -0.355. The van der Waals surface area contributed by atoms with Crippen LogP contribution in [-0.4, -0.2) is 49.9 Å². The van der Waals surface area contributed by atoms with E-state index in [0.29, 0.717) is 13.0 Å². The number of nitrogens with two attached hydrogens (primary N) is 1. The first-order chi connectivity index (χ1) is 19.9. The fraction of sp³-hybridized carbons (Fsp3) is 0.719. The summed E-state index contributed by atoms with van der Waals surface area (Å²) in [5, 5.41) is 0. The lowest BCUT2D eigenvalue weighted by molar-refractivity contribution is -0.154. The molecule has 0 aromatic rings. The molecular weight excluding hydrogens is 541 g/mol. The number of ether oxygens (including phenoxy) is 2. The van der Waals surface area contributed by atoms with Crippen LogP contribution in [0.2, 0.25) is 0 Å². The van der Waals surface area contributed by atoms with Crippen molar-refractivity contribution in [1.29, 1.82) is 0 Å². The van der Waals surface area contributed by atoms with Crippen molar-refractivity contribution in [3.8, 4) is 0 Å². The van der Waals surface area contributed by atoms with E-state index in [1.54, 1.807) is 0 Å². The molecule has 0 aliphatic carbocycles. The normalized spacial score (nSPS) is 14.5. The minimum atomic E-state index is -4.26. The summed E-state index contributed by atoms with van der Waals surface area (Å²) in [6.45, 7) is 4.62. The Kier molecular flexibility index (Phi) is 28.8. The number of carbonyl (C=O) groups is 1. The molecule has 41 heavy (non-hydrogen) atoms. The second-order valence-corrected chi connectivity index (χ2v) is 11.4. The molecule has 0 fully saturated rings. The molecule has 0 aliphatic heterocycles. The number of hydrogen-bond acceptors (Lipinski definition) is 7. The van der Waals surface area contributed by atoms with Gasteiger partial charge in [0.1, 0.15) is 6.10 Å². The molecule has 0 heterocycles. The van der Waals surface area contributed by atoms with Gasteiger partial charge in [0.25, 0.3) is 0 Å². The Morgan fingerprint density at radius 2 is 1.37 bits per heavy atom. The average molecular weight is 600 g/mol. The quantitative estimate of drug-likeness (QED) is 0.0383. The van der Waals surface area contributed by atoms with Crippen molar-refractivity contribution < 1.29 is 32.8 Å². The van der Waals surface area contributed by atoms with Gasteiger partial charge in [0.05, 0.1) is 19.8 Å². The van der Waals surface area contributed by atoms with Crippen LogP contribution in [0.25, 0.3) is 0 Å². The van der Waals surface area contributed by atoms with Crippen LogP contribution < -0.4 is 5.73 Å². The van der Waals surface area contributed by atoms with Crippen LogP contribution in [0.4, 0.5) is 0 Å². The second-order valence-electron chi connectivity index (χ2n) is 9.94. The van der Waals surface area contributed by atoms with Crippen LogP contribution >= 0.6 is 7.82 Å². The summed E-state index contributed by atoms with van der Waals surface area (Å²) in [6.07, 6.45) is 31.5. The molecule has 3 N–H and O–H groups in total. The number of carbonyl (C=O) groups excluding carboxylic acids is 1. The topological polar surface area (TPSA) is 117 Å². The van der Waals surface area contributed by atoms with Gasteiger partial charge in [0.15, 0.2) is 0 Å². The summed E-state index contributed by atoms with van der Waals surface area (Å²) in [4.78, 5) is 22.1. The lowest BCUT2D eigenvalue weighted by atomic mass is 10.1. The lowest BCUT2D eigenvalue weighted by Gasteiger charge is -2.20. The zero-order valence-corrected chi connectivity index (χ0v) is 26.7. The van der Waals surface area contributed by atoms with Crippen LogP contribution in [0.3, 0.4) is 0 Å². The maximum absolute atomic E-state index is 12.3. The van der Waals surface area contributed by atoms with Crippen molar-refractivity contribution in [3.05, 3.63) is 48.6 Å². The molecule has 2 unspecified atom stereocenters. The van der Waals surface area contributed by atoms with E-state index in [9.17, 15) is 14.3 Å². The highest BCUT2D eigenvalue weighted by molar-refractivity contribution is 7.47. The summed E-state index contributed by atoms with van der Waals surface area (Å²) >= 11 is 0. The predicted molar refractivity (Wildman–Crippen MR) is 169 cm³/mol. The van der Waals surface area contributed by atoms with Crippen molar-refractivity contribution in [3.63, 3.8) is 0 Å². The molecule has 0 saturated carbocycles. The minimum absolute atomic E-state index is 0.0932. The monoisotopic (exact) mass is 599 g/mol. The van der Waals surface area contributed by atoms with Gasteiger partial charge in [0.2, 0.25) is 0 Å². The van der Waals surface area contributed by atoms with Gasteiger partial charge in [-0.25, -0.2) is 4.57 Å². The molecule has 0 radical (unpaired) electrons. The fourth-order valence-electron chi connectivity index (χ4n) is 3.75. The van der Waals surface area contributed by atoms with E-state index in [1.807, 2.05) is 0 Å². The molecule has 0 spiro atoms. The van der Waals surface area contributed by atoms with E-state index >= 15 is 0 Å². The number of phosphoric ester groups is 1. The van der Waals surface area contributed by atoms with Gasteiger partial charge >= 0.3 is 13.8 Å². The standard InChI is InChI=1S/C32H58NO7P/c1-3-5-7-9-11-12-13-14-15-16-17-18-19-20-22-24-27-37-29-31(30-39-41(35,36)38-28-26-33)40-32(34)25-23-21-10-8-6-4-2/h5,7,11-12,14-15,17-18,31H,3-4,6,8-10,13,16,19-30,33H2,1-2H3,(H,35,36)/b7-5-,12-11-,15-14-,18-17-. The third kappa shape index (κ3) is 29.7. The van der Waals surface area contributed by atoms with E-state index in [0.717, 1.165) is 70.6 Å². The first kappa shape index (κ1) is 39.5. The van der Waals surface area contributed by atoms with Crippen molar-refractivity contribution in [2.24, 2.45) is 5.73 Å². The highest BCUT2D eigenvalue weighted by Crippen LogP contribution is 2.43. The zero-order chi connectivity index (χ0) is 30.3. The summed E-state index contributed by atoms with van der Waals surface area (Å²) < 4.78 is 32.9. The number of esters is 1. The van der Waals surface area contributed by atoms with E-state index < -0.39 is 13.9 Å². The number of hydrogen-bond donors (Lipinski definition) is 2. The van der Waals surface area contributed by atoms with Gasteiger partial charge in [-0.1, -0.05) is 101 Å². The maximum Gasteiger partial charge on any atom is 0.472 e. The van der Waals surface area contributed by atoms with Gasteiger partial charge < -0.3 is 20.1 Å². The van der Waals surface area contributed by atoms with Crippen LogP contribution in [-0.2, 0) is 27.9 Å². The predicted octanol–water partition coefficient (Wildman–Crippen LogP) is 8.12. The summed E-state index contributed by atoms with van der Waals surface area (Å²) in [6, 6.07) is 0. The average Bonchev–Trinajstić information content (AvgIpc) is 2.96. The number of phosphoric acid groups is 1. The summed E-state index contributed by atoms with van der Waals surface area (Å²) in [5.41, 5.74) is 5.31. The smallest absolute Gasteiger partial charge is 0.457 e. The third-order valence-corrected chi connectivity index (χ3v) is 6.99. The third-order valence-electron chi connectivity index (χ3n) is 6.01. The van der Waals surface area contributed by atoms with Crippen LogP contribution in [0.1, 0.15) is 110 Å². The van der Waals surface area contributed by atoms with Crippen LogP contribution in [0.15, 0.2) is 48.6 Å². The molecule has 0 amide bonds. The zero-order valence-electron chi connectivity index (χ0n) is 25.8. The SMILES string of the molecule is CC/C=C\C/C=C\C/C=C\C/C=C\CCCCCOCC(COP(=O)(O)OCCN)OC(=O)CCCCCCCC. The molecule has 0 bridgehead atoms. The van der Waals surface area contributed by atoms with E-state index in [4.69, 9.17) is 24.3 Å². The second kappa shape index (κ2) is 29.9. The molecule has 8 nitrogen and oxygen atoms in total. The Labute approximate surface area is 250 Å². The molecule has 9 heteroatoms. The molecular formula is C32H58NO7P. The molecule has 2 atom stereocenters. The molecule has 0 saturated heterocycles. The molecule has 0 rings (SSSR count). The number of allylic oxidation sites excluding steroid dienone is 8. The number of rotatable bonds is 29. The summed E-state index contributed by atoms with van der Waals surface area (Å²) in [7, 11) is -4.26. The molecule has 0 aromatic heterocycles. The highest BCUT2D eigenvalue weighted by atomic mass is 31.2. The first-order valence-corrected chi connectivity index (χ1v) is 17.1. The van der Waals surface area contributed by atoms with Gasteiger partial charge in [-0.05, 0) is 51.4 Å². The Hall–Kier alpha value is -1.54. The van der Waals surface area contributed by atoms with Crippen molar-refractivity contribution in [2.75, 3.05) is 33.0 Å². The van der Waals surface area contributed by atoms with E-state index in [2.05, 4.69) is 62.5 Å².